The number of carbonyl (C=O) groups is 1. The minimum Gasteiger partial charge on any atom is -0.339 e. The molecule has 15 heavy (non-hydrogen) atoms. The summed E-state index contributed by atoms with van der Waals surface area (Å²) in [6, 6.07) is 2.02. The summed E-state index contributed by atoms with van der Waals surface area (Å²) in [5.74, 6) is 0.212. The summed E-state index contributed by atoms with van der Waals surface area (Å²) in [6.07, 6.45) is 5.04. The Balaban J connectivity index is 1.85. The predicted molar refractivity (Wildman–Crippen MR) is 56.0 cm³/mol. The van der Waals surface area contributed by atoms with Crippen molar-refractivity contribution in [1.29, 1.82) is 0 Å². The molecule has 1 atom stereocenters. The molecule has 2 rings (SSSR count). The molecular weight excluding hydrogens is 192 g/mol. The Hall–Kier alpha value is -1.36. The Bertz CT molecular complexity index is 322. The van der Waals surface area contributed by atoms with Crippen LogP contribution in [0.15, 0.2) is 18.5 Å². The highest BCUT2D eigenvalue weighted by Gasteiger charge is 2.22. The van der Waals surface area contributed by atoms with Crippen LogP contribution in [0.1, 0.15) is 12.8 Å². The zero-order valence-corrected chi connectivity index (χ0v) is 8.67. The zero-order valence-electron chi connectivity index (χ0n) is 8.67. The van der Waals surface area contributed by atoms with Crippen molar-refractivity contribution in [3.63, 3.8) is 0 Å². The van der Waals surface area contributed by atoms with Crippen LogP contribution in [0.2, 0.25) is 0 Å². The minimum atomic E-state index is 0.139. The Kier molecular flexibility index (Phi) is 3.01. The van der Waals surface area contributed by atoms with E-state index in [-0.39, 0.29) is 11.9 Å². The van der Waals surface area contributed by atoms with Gasteiger partial charge in [-0.3, -0.25) is 9.48 Å². The third-order valence-corrected chi connectivity index (χ3v) is 2.69. The van der Waals surface area contributed by atoms with Crippen LogP contribution in [0, 0.1) is 0 Å². The number of carbonyl (C=O) groups excluding carboxylic acids is 1. The minimum absolute atomic E-state index is 0.139. The number of amides is 1. The van der Waals surface area contributed by atoms with Gasteiger partial charge in [0.15, 0.2) is 0 Å². The van der Waals surface area contributed by atoms with Crippen LogP contribution >= 0.6 is 0 Å². The summed E-state index contributed by atoms with van der Waals surface area (Å²) in [5, 5.41) is 4.09. The highest BCUT2D eigenvalue weighted by atomic mass is 16.2. The van der Waals surface area contributed by atoms with Crippen LogP contribution in [0.5, 0.6) is 0 Å². The van der Waals surface area contributed by atoms with Gasteiger partial charge in [-0.2, -0.15) is 5.10 Å². The molecule has 5 nitrogen and oxygen atoms in total. The Morgan fingerprint density at radius 3 is 3.13 bits per heavy atom. The molecule has 1 aromatic rings. The van der Waals surface area contributed by atoms with Crippen LogP contribution in [0.25, 0.3) is 0 Å². The molecule has 1 unspecified atom stereocenters. The number of nitrogens with zero attached hydrogens (tertiary/aromatic N) is 3. The summed E-state index contributed by atoms with van der Waals surface area (Å²) in [6.45, 7) is 2.12. The molecule has 1 aliphatic heterocycles. The summed E-state index contributed by atoms with van der Waals surface area (Å²) >= 11 is 0. The average Bonchev–Trinajstić information content (AvgIpc) is 2.72. The summed E-state index contributed by atoms with van der Waals surface area (Å²) in [5.41, 5.74) is 5.82. The maximum atomic E-state index is 11.5. The lowest BCUT2D eigenvalue weighted by Crippen LogP contribution is -2.47. The molecule has 0 bridgehead atoms. The number of nitrogens with two attached hydrogens (primary N) is 1. The lowest BCUT2D eigenvalue weighted by Gasteiger charge is -2.30. The van der Waals surface area contributed by atoms with E-state index in [4.69, 9.17) is 5.73 Å². The van der Waals surface area contributed by atoms with E-state index in [0.29, 0.717) is 19.5 Å². The molecule has 82 valence electrons. The van der Waals surface area contributed by atoms with Gasteiger partial charge in [0, 0.05) is 37.9 Å². The van der Waals surface area contributed by atoms with Gasteiger partial charge in [0.25, 0.3) is 0 Å². The van der Waals surface area contributed by atoms with Crippen molar-refractivity contribution in [3.05, 3.63) is 18.5 Å². The molecule has 2 N–H and O–H groups in total. The van der Waals surface area contributed by atoms with Crippen molar-refractivity contribution in [1.82, 2.24) is 14.7 Å². The first-order chi connectivity index (χ1) is 7.25. The van der Waals surface area contributed by atoms with Gasteiger partial charge in [0.2, 0.25) is 5.91 Å². The van der Waals surface area contributed by atoms with Crippen molar-refractivity contribution in [2.24, 2.45) is 5.73 Å². The number of piperidine rings is 1. The molecule has 1 amide bonds. The molecule has 0 radical (unpaired) electrons. The maximum absolute atomic E-state index is 11.5. The van der Waals surface area contributed by atoms with E-state index in [1.54, 1.807) is 6.20 Å². The van der Waals surface area contributed by atoms with Gasteiger partial charge in [-0.15, -0.1) is 0 Å². The number of hydrogen-bond donors (Lipinski definition) is 1. The van der Waals surface area contributed by atoms with Gasteiger partial charge in [-0.05, 0) is 12.5 Å². The maximum Gasteiger partial charge on any atom is 0.222 e. The molecule has 1 saturated heterocycles. The van der Waals surface area contributed by atoms with E-state index in [0.717, 1.165) is 13.0 Å². The highest BCUT2D eigenvalue weighted by molar-refractivity contribution is 5.77. The van der Waals surface area contributed by atoms with Crippen molar-refractivity contribution in [2.75, 3.05) is 13.1 Å². The quantitative estimate of drug-likeness (QED) is 0.750. The number of aromatic nitrogens is 2. The molecule has 2 heterocycles. The van der Waals surface area contributed by atoms with Crippen molar-refractivity contribution in [3.8, 4) is 0 Å². The third kappa shape index (κ3) is 2.56. The highest BCUT2D eigenvalue weighted by Crippen LogP contribution is 2.09. The Labute approximate surface area is 88.8 Å². The fourth-order valence-electron chi connectivity index (χ4n) is 1.82. The van der Waals surface area contributed by atoms with Gasteiger partial charge in [0.05, 0.1) is 6.54 Å². The van der Waals surface area contributed by atoms with Gasteiger partial charge in [-0.25, -0.2) is 0 Å². The molecule has 0 spiro atoms. The number of rotatable bonds is 3. The molecular formula is C10H16N4O. The van der Waals surface area contributed by atoms with E-state index in [1.807, 2.05) is 21.8 Å². The predicted octanol–water partition coefficient (Wildman–Crippen LogP) is -0.167. The van der Waals surface area contributed by atoms with Gasteiger partial charge in [0.1, 0.15) is 0 Å². The van der Waals surface area contributed by atoms with Crippen molar-refractivity contribution in [2.45, 2.75) is 25.4 Å². The smallest absolute Gasteiger partial charge is 0.222 e. The van der Waals surface area contributed by atoms with E-state index in [9.17, 15) is 4.79 Å². The topological polar surface area (TPSA) is 64.2 Å². The van der Waals surface area contributed by atoms with Crippen molar-refractivity contribution >= 4 is 5.91 Å². The second-order valence-corrected chi connectivity index (χ2v) is 3.91. The standard InChI is InChI=1S/C10H16N4O/c11-9-2-3-10(15)13(8-9)6-7-14-5-1-4-12-14/h1,4-5,9H,2-3,6-8,11H2. The van der Waals surface area contributed by atoms with Gasteiger partial charge < -0.3 is 10.6 Å². The lowest BCUT2D eigenvalue weighted by molar-refractivity contribution is -0.133. The third-order valence-electron chi connectivity index (χ3n) is 2.69. The zero-order chi connectivity index (χ0) is 10.7. The molecule has 1 aliphatic rings. The van der Waals surface area contributed by atoms with E-state index in [1.165, 1.54) is 0 Å². The first-order valence-electron chi connectivity index (χ1n) is 5.26. The fourth-order valence-corrected chi connectivity index (χ4v) is 1.82. The molecule has 0 saturated carbocycles. The first kappa shape index (κ1) is 10.2. The van der Waals surface area contributed by atoms with E-state index < -0.39 is 0 Å². The number of likely N-dealkylation sites (tertiary alicyclic amines) is 1. The van der Waals surface area contributed by atoms with Crippen LogP contribution in [-0.4, -0.2) is 39.7 Å². The summed E-state index contributed by atoms with van der Waals surface area (Å²) in [4.78, 5) is 13.4. The molecule has 0 aliphatic carbocycles. The molecule has 1 fully saturated rings. The lowest BCUT2D eigenvalue weighted by atomic mass is 10.1. The van der Waals surface area contributed by atoms with Crippen LogP contribution in [0.4, 0.5) is 0 Å². The van der Waals surface area contributed by atoms with Crippen LogP contribution < -0.4 is 5.73 Å². The van der Waals surface area contributed by atoms with Crippen LogP contribution in [0.3, 0.4) is 0 Å². The van der Waals surface area contributed by atoms with Crippen LogP contribution in [-0.2, 0) is 11.3 Å². The normalized spacial score (nSPS) is 22.1. The van der Waals surface area contributed by atoms with Gasteiger partial charge in [-0.1, -0.05) is 0 Å². The van der Waals surface area contributed by atoms with Crippen molar-refractivity contribution < 1.29 is 4.79 Å². The van der Waals surface area contributed by atoms with E-state index in [2.05, 4.69) is 5.10 Å². The molecule has 0 aromatic carbocycles. The van der Waals surface area contributed by atoms with E-state index >= 15 is 0 Å². The average molecular weight is 208 g/mol. The molecule has 1 aromatic heterocycles. The summed E-state index contributed by atoms with van der Waals surface area (Å²) in [7, 11) is 0. The fraction of sp³-hybridized carbons (Fsp3) is 0.600. The molecule has 5 heteroatoms. The monoisotopic (exact) mass is 208 g/mol. The summed E-state index contributed by atoms with van der Waals surface area (Å²) < 4.78 is 1.83. The Morgan fingerprint density at radius 2 is 2.40 bits per heavy atom. The largest absolute Gasteiger partial charge is 0.339 e. The second kappa shape index (κ2) is 4.44. The second-order valence-electron chi connectivity index (χ2n) is 3.91. The number of hydrogen-bond acceptors (Lipinski definition) is 3. The Morgan fingerprint density at radius 1 is 1.53 bits per heavy atom. The first-order valence-corrected chi connectivity index (χ1v) is 5.26. The van der Waals surface area contributed by atoms with Gasteiger partial charge >= 0.3 is 0 Å². The SMILES string of the molecule is NC1CCC(=O)N(CCn2cccn2)C1.